The zero-order valence-corrected chi connectivity index (χ0v) is 23.1. The van der Waals surface area contributed by atoms with Crippen molar-refractivity contribution in [3.63, 3.8) is 0 Å². The molecule has 0 fully saturated rings. The topological polar surface area (TPSA) is 116 Å². The van der Waals surface area contributed by atoms with Gasteiger partial charge in [-0.05, 0) is 56.2 Å². The number of aromatic nitrogens is 2. The predicted octanol–water partition coefficient (Wildman–Crippen LogP) is 6.55. The molecule has 2 aromatic carbocycles. The zero-order chi connectivity index (χ0) is 26.2. The van der Waals surface area contributed by atoms with E-state index < -0.39 is 11.9 Å². The largest absolute Gasteiger partial charge is 0.474 e. The first-order chi connectivity index (χ1) is 17.2. The molecule has 0 radical (unpaired) electrons. The Hall–Kier alpha value is -3.24. The van der Waals surface area contributed by atoms with Crippen molar-refractivity contribution in [2.75, 3.05) is 6.61 Å². The molecule has 0 aliphatic carbocycles. The van der Waals surface area contributed by atoms with Gasteiger partial charge in [-0.1, -0.05) is 56.1 Å². The minimum Gasteiger partial charge on any atom is -0.474 e. The number of carbonyl (C=O) groups is 2. The Morgan fingerprint density at radius 2 is 1.33 bits per heavy atom. The number of aryl methyl sites for hydroxylation is 2. The number of hydrogen-bond acceptors (Lipinski definition) is 7. The van der Waals surface area contributed by atoms with E-state index in [2.05, 4.69) is 41.8 Å². The van der Waals surface area contributed by atoms with E-state index in [-0.39, 0.29) is 11.8 Å². The summed E-state index contributed by atoms with van der Waals surface area (Å²) in [6.07, 6.45) is 1.18. The molecule has 4 rings (SSSR count). The number of hydrogen-bond donors (Lipinski definition) is 1. The molecule has 4 aromatic rings. The number of benzene rings is 2. The third-order valence-electron chi connectivity index (χ3n) is 4.94. The number of carboxylic acid groups (broad SMARTS) is 1. The van der Waals surface area contributed by atoms with Crippen molar-refractivity contribution < 1.29 is 28.3 Å². The van der Waals surface area contributed by atoms with E-state index in [0.717, 1.165) is 25.8 Å². The lowest BCUT2D eigenvalue weighted by Gasteiger charge is -1.99. The second-order valence-corrected chi connectivity index (χ2v) is 9.51. The Balaban J connectivity index is 0.000000202. The monoisotopic (exact) mass is 618 g/mol. The van der Waals surface area contributed by atoms with Gasteiger partial charge in [-0.15, -0.1) is 0 Å². The van der Waals surface area contributed by atoms with E-state index >= 15 is 0 Å². The van der Waals surface area contributed by atoms with Crippen LogP contribution in [0.3, 0.4) is 0 Å². The summed E-state index contributed by atoms with van der Waals surface area (Å²) in [6, 6.07) is 15.7. The van der Waals surface area contributed by atoms with Crippen LogP contribution >= 0.6 is 31.9 Å². The van der Waals surface area contributed by atoms with Gasteiger partial charge in [0.2, 0.25) is 0 Å². The first-order valence-corrected chi connectivity index (χ1v) is 12.6. The van der Waals surface area contributed by atoms with Gasteiger partial charge in [0.05, 0.1) is 18.0 Å². The maximum atomic E-state index is 11.5. The van der Waals surface area contributed by atoms with E-state index in [9.17, 15) is 9.59 Å². The lowest BCUT2D eigenvalue weighted by Crippen LogP contribution is -2.05. The fourth-order valence-electron chi connectivity index (χ4n) is 3.24. The number of esters is 1. The standard InChI is InChI=1S/C14H14BrNO3.C12H10BrNO3/c1-3-18-14(17)13-16-12(9(2)19-13)8-10-5-4-6-11(15)7-10;1-7-10(14-11(17-7)12(15)16)6-8-3-2-4-9(13)5-8/h4-7H,3,8H2,1-2H3;2-5H,6H2,1H3,(H,15,16). The number of rotatable bonds is 7. The summed E-state index contributed by atoms with van der Waals surface area (Å²) in [7, 11) is 0. The normalized spacial score (nSPS) is 10.5. The molecule has 188 valence electrons. The van der Waals surface area contributed by atoms with Crippen molar-refractivity contribution in [1.82, 2.24) is 9.97 Å². The van der Waals surface area contributed by atoms with Gasteiger partial charge in [-0.3, -0.25) is 0 Å². The fraction of sp³-hybridized carbons (Fsp3) is 0.231. The molecule has 0 saturated heterocycles. The molecule has 0 spiro atoms. The minimum atomic E-state index is -1.14. The van der Waals surface area contributed by atoms with Crippen LogP contribution in [0.1, 0.15) is 62.3 Å². The van der Waals surface area contributed by atoms with Crippen LogP contribution in [-0.2, 0) is 17.6 Å². The van der Waals surface area contributed by atoms with E-state index in [0.29, 0.717) is 36.7 Å². The van der Waals surface area contributed by atoms with Crippen LogP contribution < -0.4 is 0 Å². The molecule has 36 heavy (non-hydrogen) atoms. The number of ether oxygens (including phenoxy) is 1. The Morgan fingerprint density at radius 3 is 1.75 bits per heavy atom. The fourth-order valence-corrected chi connectivity index (χ4v) is 4.13. The Bertz CT molecular complexity index is 1360. The van der Waals surface area contributed by atoms with E-state index in [1.165, 1.54) is 0 Å². The molecular weight excluding hydrogens is 596 g/mol. The van der Waals surface area contributed by atoms with Crippen LogP contribution in [-0.4, -0.2) is 33.6 Å². The maximum absolute atomic E-state index is 11.5. The molecule has 0 atom stereocenters. The van der Waals surface area contributed by atoms with Crippen LogP contribution in [0.4, 0.5) is 0 Å². The molecule has 10 heteroatoms. The number of carbonyl (C=O) groups excluding carboxylic acids is 1. The van der Waals surface area contributed by atoms with Gasteiger partial charge in [-0.25, -0.2) is 19.6 Å². The van der Waals surface area contributed by atoms with Gasteiger partial charge < -0.3 is 18.7 Å². The number of carboxylic acids is 1. The van der Waals surface area contributed by atoms with Gasteiger partial charge in [0, 0.05) is 21.8 Å². The molecule has 2 heterocycles. The Labute approximate surface area is 225 Å². The van der Waals surface area contributed by atoms with Crippen LogP contribution in [0.15, 0.2) is 66.3 Å². The second kappa shape index (κ2) is 12.6. The van der Waals surface area contributed by atoms with Crippen LogP contribution in [0.2, 0.25) is 0 Å². The Kier molecular flexibility index (Phi) is 9.60. The lowest BCUT2D eigenvalue weighted by molar-refractivity contribution is 0.0479. The van der Waals surface area contributed by atoms with Crippen LogP contribution in [0, 0.1) is 13.8 Å². The molecule has 0 unspecified atom stereocenters. The Morgan fingerprint density at radius 1 is 0.861 bits per heavy atom. The van der Waals surface area contributed by atoms with Crippen molar-refractivity contribution in [2.24, 2.45) is 0 Å². The molecule has 0 saturated carbocycles. The summed E-state index contributed by atoms with van der Waals surface area (Å²) in [5, 5.41) is 8.77. The first kappa shape index (κ1) is 27.3. The molecule has 0 amide bonds. The van der Waals surface area contributed by atoms with Gasteiger partial charge in [0.25, 0.3) is 0 Å². The summed E-state index contributed by atoms with van der Waals surface area (Å²) >= 11 is 6.81. The molecule has 8 nitrogen and oxygen atoms in total. The second-order valence-electron chi connectivity index (χ2n) is 7.68. The summed E-state index contributed by atoms with van der Waals surface area (Å²) in [5.41, 5.74) is 3.55. The highest BCUT2D eigenvalue weighted by Crippen LogP contribution is 2.19. The number of nitrogens with zero attached hydrogens (tertiary/aromatic N) is 2. The average molecular weight is 620 g/mol. The third kappa shape index (κ3) is 7.63. The molecule has 1 N–H and O–H groups in total. The predicted molar refractivity (Wildman–Crippen MR) is 139 cm³/mol. The summed E-state index contributed by atoms with van der Waals surface area (Å²) in [5.74, 6) is -0.720. The molecule has 2 aromatic heterocycles. The maximum Gasteiger partial charge on any atom is 0.394 e. The molecule has 0 bridgehead atoms. The van der Waals surface area contributed by atoms with E-state index in [1.54, 1.807) is 20.8 Å². The highest BCUT2D eigenvalue weighted by Gasteiger charge is 2.18. The quantitative estimate of drug-likeness (QED) is 0.232. The van der Waals surface area contributed by atoms with Gasteiger partial charge in [0.15, 0.2) is 0 Å². The van der Waals surface area contributed by atoms with Crippen LogP contribution in [0.25, 0.3) is 0 Å². The first-order valence-electron chi connectivity index (χ1n) is 11.0. The van der Waals surface area contributed by atoms with Gasteiger partial charge in [0.1, 0.15) is 11.5 Å². The summed E-state index contributed by atoms with van der Waals surface area (Å²) in [4.78, 5) is 30.4. The van der Waals surface area contributed by atoms with Crippen molar-refractivity contribution in [3.8, 4) is 0 Å². The SMILES string of the molecule is CCOC(=O)c1nc(Cc2cccc(Br)c2)c(C)o1.Cc1oc(C(=O)O)nc1Cc1cccc(Br)c1. The highest BCUT2D eigenvalue weighted by atomic mass is 79.9. The summed E-state index contributed by atoms with van der Waals surface area (Å²) < 4.78 is 17.2. The highest BCUT2D eigenvalue weighted by molar-refractivity contribution is 9.10. The van der Waals surface area contributed by atoms with Crippen molar-refractivity contribution in [2.45, 2.75) is 33.6 Å². The van der Waals surface area contributed by atoms with E-state index in [4.69, 9.17) is 18.7 Å². The van der Waals surface area contributed by atoms with Gasteiger partial charge >= 0.3 is 23.7 Å². The smallest absolute Gasteiger partial charge is 0.394 e. The molecular formula is C26H24Br2N2O6. The molecule has 0 aliphatic heterocycles. The number of halogens is 2. The van der Waals surface area contributed by atoms with Crippen molar-refractivity contribution >= 4 is 43.8 Å². The summed E-state index contributed by atoms with van der Waals surface area (Å²) in [6.45, 7) is 5.56. The number of oxazole rings is 2. The van der Waals surface area contributed by atoms with Crippen molar-refractivity contribution in [3.05, 3.63) is 103 Å². The lowest BCUT2D eigenvalue weighted by atomic mass is 10.1. The van der Waals surface area contributed by atoms with Gasteiger partial charge in [-0.2, -0.15) is 0 Å². The third-order valence-corrected chi connectivity index (χ3v) is 5.93. The average Bonchev–Trinajstić information content (AvgIpc) is 3.37. The van der Waals surface area contributed by atoms with Crippen molar-refractivity contribution in [1.29, 1.82) is 0 Å². The van der Waals surface area contributed by atoms with Crippen LogP contribution in [0.5, 0.6) is 0 Å². The molecule has 0 aliphatic rings. The number of aromatic carboxylic acids is 1. The minimum absolute atomic E-state index is 0.0179. The van der Waals surface area contributed by atoms with E-state index in [1.807, 2.05) is 48.5 Å². The zero-order valence-electron chi connectivity index (χ0n) is 19.9.